The molecule has 0 aliphatic carbocycles. The van der Waals surface area contributed by atoms with Crippen LogP contribution in [-0.2, 0) is 9.59 Å². The lowest BCUT2D eigenvalue weighted by Gasteiger charge is -2.17. The number of carboxylic acid groups (broad SMARTS) is 1. The molecule has 4 N–H and O–H groups in total. The van der Waals surface area contributed by atoms with Gasteiger partial charge in [0, 0.05) is 19.4 Å². The smallest absolute Gasteiger partial charge is 0.303 e. The number of hydrogen-bond acceptors (Lipinski definition) is 3. The molecule has 0 radical (unpaired) electrons. The molecule has 5 nitrogen and oxygen atoms in total. The molecule has 1 amide bonds. The third-order valence-electron chi connectivity index (χ3n) is 3.11. The molecule has 0 aliphatic heterocycles. The summed E-state index contributed by atoms with van der Waals surface area (Å²) in [7, 11) is 0. The molecular formula is C14H28N2O3. The third-order valence-corrected chi connectivity index (χ3v) is 3.11. The molecule has 0 aromatic heterocycles. The Balaban J connectivity index is 3.87. The van der Waals surface area contributed by atoms with Crippen LogP contribution in [0.4, 0.5) is 0 Å². The maximum absolute atomic E-state index is 11.8. The van der Waals surface area contributed by atoms with E-state index in [-0.39, 0.29) is 24.2 Å². The molecule has 112 valence electrons. The van der Waals surface area contributed by atoms with Crippen LogP contribution in [0, 0.1) is 17.8 Å². The summed E-state index contributed by atoms with van der Waals surface area (Å²) in [5.41, 5.74) is 5.66. The van der Waals surface area contributed by atoms with Crippen LogP contribution in [0.5, 0.6) is 0 Å². The lowest BCUT2D eigenvalue weighted by atomic mass is 9.94. The molecule has 0 spiro atoms. The molecule has 0 rings (SSSR count). The average Bonchev–Trinajstić information content (AvgIpc) is 2.32. The highest BCUT2D eigenvalue weighted by atomic mass is 16.4. The predicted octanol–water partition coefficient (Wildman–Crippen LogP) is 1.61. The van der Waals surface area contributed by atoms with Crippen LogP contribution in [0.3, 0.4) is 0 Å². The number of hydrogen-bond donors (Lipinski definition) is 3. The van der Waals surface area contributed by atoms with Crippen molar-refractivity contribution in [2.75, 3.05) is 13.1 Å². The molecule has 0 aromatic carbocycles. The highest BCUT2D eigenvalue weighted by Crippen LogP contribution is 2.14. The number of carboxylic acids is 1. The summed E-state index contributed by atoms with van der Waals surface area (Å²) in [6, 6.07) is 0. The first-order valence-electron chi connectivity index (χ1n) is 7.03. The number of carbonyl (C=O) groups excluding carboxylic acids is 1. The molecule has 1 unspecified atom stereocenters. The second kappa shape index (κ2) is 9.78. The average molecular weight is 272 g/mol. The fourth-order valence-corrected chi connectivity index (χ4v) is 2.02. The Morgan fingerprint density at radius 3 is 2.37 bits per heavy atom. The second-order valence-electron chi connectivity index (χ2n) is 5.78. The van der Waals surface area contributed by atoms with Crippen molar-refractivity contribution in [3.8, 4) is 0 Å². The number of amides is 1. The van der Waals surface area contributed by atoms with Gasteiger partial charge in [-0.25, -0.2) is 0 Å². The van der Waals surface area contributed by atoms with Gasteiger partial charge in [0.15, 0.2) is 0 Å². The second-order valence-corrected chi connectivity index (χ2v) is 5.78. The molecule has 0 saturated heterocycles. The first-order valence-corrected chi connectivity index (χ1v) is 7.03. The highest BCUT2D eigenvalue weighted by Gasteiger charge is 2.14. The fourth-order valence-electron chi connectivity index (χ4n) is 2.02. The van der Waals surface area contributed by atoms with Crippen LogP contribution in [0.25, 0.3) is 0 Å². The van der Waals surface area contributed by atoms with E-state index in [9.17, 15) is 9.59 Å². The van der Waals surface area contributed by atoms with Crippen LogP contribution in [0.2, 0.25) is 0 Å². The van der Waals surface area contributed by atoms with E-state index in [2.05, 4.69) is 19.2 Å². The van der Waals surface area contributed by atoms with Gasteiger partial charge in [-0.15, -0.1) is 0 Å². The first kappa shape index (κ1) is 17.9. The molecule has 5 heteroatoms. The normalized spacial score (nSPS) is 14.2. The zero-order valence-corrected chi connectivity index (χ0v) is 12.3. The lowest BCUT2D eigenvalue weighted by Crippen LogP contribution is -2.32. The number of carbonyl (C=O) groups is 2. The van der Waals surface area contributed by atoms with Gasteiger partial charge >= 0.3 is 5.97 Å². The van der Waals surface area contributed by atoms with Gasteiger partial charge in [0.1, 0.15) is 0 Å². The minimum absolute atomic E-state index is 0.0123. The van der Waals surface area contributed by atoms with Gasteiger partial charge in [0.05, 0.1) is 0 Å². The quantitative estimate of drug-likeness (QED) is 0.563. The van der Waals surface area contributed by atoms with Gasteiger partial charge in [0.2, 0.25) is 5.91 Å². The topological polar surface area (TPSA) is 92.4 Å². The Labute approximate surface area is 115 Å². The van der Waals surface area contributed by atoms with Gasteiger partial charge in [0.25, 0.3) is 0 Å². The van der Waals surface area contributed by atoms with E-state index in [1.807, 2.05) is 6.92 Å². The summed E-state index contributed by atoms with van der Waals surface area (Å²) in [6.07, 6.45) is 2.15. The summed E-state index contributed by atoms with van der Waals surface area (Å²) in [5, 5.41) is 11.4. The Morgan fingerprint density at radius 1 is 1.26 bits per heavy atom. The molecule has 0 bridgehead atoms. The molecule has 0 aliphatic rings. The molecule has 0 heterocycles. The zero-order chi connectivity index (χ0) is 14.8. The molecule has 2 atom stereocenters. The Bertz CT molecular complexity index is 280. The van der Waals surface area contributed by atoms with E-state index in [0.717, 1.165) is 6.42 Å². The molecule has 0 saturated carbocycles. The van der Waals surface area contributed by atoms with Crippen molar-refractivity contribution in [3.05, 3.63) is 0 Å². The van der Waals surface area contributed by atoms with Crippen LogP contribution in [0.1, 0.15) is 46.5 Å². The van der Waals surface area contributed by atoms with E-state index in [1.165, 1.54) is 0 Å². The number of aliphatic carboxylic acids is 1. The highest BCUT2D eigenvalue weighted by molar-refractivity contribution is 5.76. The van der Waals surface area contributed by atoms with Gasteiger partial charge < -0.3 is 16.2 Å². The summed E-state index contributed by atoms with van der Waals surface area (Å²) in [4.78, 5) is 22.2. The SMILES string of the molecule is CC(C)C[C@H](CN)CC(=O)NCC(C)CCC(=O)O. The monoisotopic (exact) mass is 272 g/mol. The van der Waals surface area contributed by atoms with E-state index < -0.39 is 5.97 Å². The predicted molar refractivity (Wildman–Crippen MR) is 75.7 cm³/mol. The van der Waals surface area contributed by atoms with Gasteiger partial charge in [-0.3, -0.25) is 9.59 Å². The van der Waals surface area contributed by atoms with Crippen molar-refractivity contribution in [1.29, 1.82) is 0 Å². The van der Waals surface area contributed by atoms with Crippen LogP contribution < -0.4 is 11.1 Å². The van der Waals surface area contributed by atoms with Crippen LogP contribution in [0.15, 0.2) is 0 Å². The lowest BCUT2D eigenvalue weighted by molar-refractivity contribution is -0.137. The molecular weight excluding hydrogens is 244 g/mol. The van der Waals surface area contributed by atoms with Crippen molar-refractivity contribution in [2.45, 2.75) is 46.5 Å². The summed E-state index contributed by atoms with van der Waals surface area (Å²) < 4.78 is 0. The fraction of sp³-hybridized carbons (Fsp3) is 0.857. The zero-order valence-electron chi connectivity index (χ0n) is 12.3. The van der Waals surface area contributed by atoms with Crippen molar-refractivity contribution in [3.63, 3.8) is 0 Å². The Kier molecular flexibility index (Phi) is 9.21. The summed E-state index contributed by atoms with van der Waals surface area (Å²) >= 11 is 0. The molecule has 19 heavy (non-hydrogen) atoms. The van der Waals surface area contributed by atoms with Gasteiger partial charge in [-0.1, -0.05) is 20.8 Å². The minimum atomic E-state index is -0.793. The maximum Gasteiger partial charge on any atom is 0.303 e. The number of nitrogens with one attached hydrogen (secondary N) is 1. The number of nitrogens with two attached hydrogens (primary N) is 1. The van der Waals surface area contributed by atoms with Gasteiger partial charge in [-0.2, -0.15) is 0 Å². The Morgan fingerprint density at radius 2 is 1.89 bits per heavy atom. The van der Waals surface area contributed by atoms with Crippen molar-refractivity contribution >= 4 is 11.9 Å². The Hall–Kier alpha value is -1.10. The number of rotatable bonds is 10. The van der Waals surface area contributed by atoms with E-state index in [0.29, 0.717) is 31.8 Å². The summed E-state index contributed by atoms with van der Waals surface area (Å²) in [5.74, 6) is 0.170. The minimum Gasteiger partial charge on any atom is -0.481 e. The standard InChI is InChI=1S/C14H28N2O3/c1-10(2)6-12(8-15)7-13(17)16-9-11(3)4-5-14(18)19/h10-12H,4-9,15H2,1-3H3,(H,16,17)(H,18,19)/t11?,12-/m0/s1. The summed E-state index contributed by atoms with van der Waals surface area (Å²) in [6.45, 7) is 7.24. The first-order chi connectivity index (χ1) is 8.85. The molecule has 0 fully saturated rings. The van der Waals surface area contributed by atoms with E-state index >= 15 is 0 Å². The van der Waals surface area contributed by atoms with E-state index in [1.54, 1.807) is 0 Å². The van der Waals surface area contributed by atoms with Crippen molar-refractivity contribution in [2.24, 2.45) is 23.5 Å². The third kappa shape index (κ3) is 10.5. The van der Waals surface area contributed by atoms with E-state index in [4.69, 9.17) is 10.8 Å². The van der Waals surface area contributed by atoms with Crippen molar-refractivity contribution < 1.29 is 14.7 Å². The molecule has 0 aromatic rings. The van der Waals surface area contributed by atoms with Crippen LogP contribution in [-0.4, -0.2) is 30.1 Å². The largest absolute Gasteiger partial charge is 0.481 e. The van der Waals surface area contributed by atoms with Crippen molar-refractivity contribution in [1.82, 2.24) is 5.32 Å². The van der Waals surface area contributed by atoms with Crippen LogP contribution >= 0.6 is 0 Å². The van der Waals surface area contributed by atoms with Gasteiger partial charge in [-0.05, 0) is 37.1 Å². The maximum atomic E-state index is 11.8.